The van der Waals surface area contributed by atoms with E-state index in [1.165, 1.54) is 10.6 Å². The summed E-state index contributed by atoms with van der Waals surface area (Å²) in [6.45, 7) is 2.65. The maximum atomic E-state index is 12.0. The van der Waals surface area contributed by atoms with Crippen molar-refractivity contribution < 1.29 is 8.42 Å². The molecular weight excluding hydrogens is 300 g/mol. The predicted octanol–water partition coefficient (Wildman–Crippen LogP) is 1.62. The molecule has 0 aliphatic carbocycles. The summed E-state index contributed by atoms with van der Waals surface area (Å²) in [5.74, 6) is 0. The lowest BCUT2D eigenvalue weighted by Crippen LogP contribution is -2.34. The van der Waals surface area contributed by atoms with Crippen molar-refractivity contribution in [2.24, 2.45) is 0 Å². The highest BCUT2D eigenvalue weighted by atomic mass is 32.2. The minimum Gasteiger partial charge on any atom is -0.314 e. The number of hydrogen-bond donors (Lipinski definition) is 0. The van der Waals surface area contributed by atoms with Gasteiger partial charge in [0.15, 0.2) is 0 Å². The minimum absolute atomic E-state index is 0.0873. The average molecular weight is 320 g/mol. The molecule has 0 radical (unpaired) electrons. The number of aromatic nitrogens is 1. The van der Waals surface area contributed by atoms with Crippen molar-refractivity contribution in [1.29, 1.82) is 0 Å². The first-order chi connectivity index (χ1) is 10.4. The molecule has 6 heteroatoms. The lowest BCUT2D eigenvalue weighted by molar-refractivity contribution is 0.387. The third kappa shape index (κ3) is 4.29. The number of benzene rings is 1. The van der Waals surface area contributed by atoms with Gasteiger partial charge in [-0.3, -0.25) is 4.79 Å². The lowest BCUT2D eigenvalue weighted by atomic mass is 10.2. The monoisotopic (exact) mass is 320 g/mol. The van der Waals surface area contributed by atoms with Crippen LogP contribution in [0.25, 0.3) is 0 Å². The van der Waals surface area contributed by atoms with Gasteiger partial charge in [-0.05, 0) is 18.6 Å². The molecule has 0 saturated heterocycles. The van der Waals surface area contributed by atoms with Crippen LogP contribution in [0.5, 0.6) is 0 Å². The molecule has 0 unspecified atom stereocenters. The smallest absolute Gasteiger partial charge is 0.253 e. The molecule has 0 bridgehead atoms. The van der Waals surface area contributed by atoms with Crippen molar-refractivity contribution in [3.05, 3.63) is 70.1 Å². The van der Waals surface area contributed by atoms with Crippen LogP contribution >= 0.6 is 0 Å². The van der Waals surface area contributed by atoms with Gasteiger partial charge in [0.1, 0.15) is 0 Å². The van der Waals surface area contributed by atoms with Crippen LogP contribution in [0.1, 0.15) is 11.1 Å². The third-order valence-corrected chi connectivity index (χ3v) is 4.72. The van der Waals surface area contributed by atoms with Gasteiger partial charge in [-0.15, -0.1) is 0 Å². The van der Waals surface area contributed by atoms with Gasteiger partial charge in [-0.1, -0.05) is 36.4 Å². The molecule has 2 aromatic rings. The molecule has 0 amide bonds. The number of aryl methyl sites for hydroxylation is 1. The number of nitrogens with zero attached hydrogens (tertiary/aromatic N) is 2. The van der Waals surface area contributed by atoms with Crippen LogP contribution < -0.4 is 5.56 Å². The van der Waals surface area contributed by atoms with Gasteiger partial charge in [-0.25, -0.2) is 8.42 Å². The zero-order chi connectivity index (χ0) is 16.2. The normalized spacial score (nSPS) is 11.8. The van der Waals surface area contributed by atoms with Crippen LogP contribution in [0.15, 0.2) is 53.5 Å². The summed E-state index contributed by atoms with van der Waals surface area (Å²) in [5, 5.41) is 0. The lowest BCUT2D eigenvalue weighted by Gasteiger charge is -2.20. The van der Waals surface area contributed by atoms with Crippen molar-refractivity contribution in [3.63, 3.8) is 0 Å². The number of sulfonamides is 1. The summed E-state index contributed by atoms with van der Waals surface area (Å²) >= 11 is 0. The fourth-order valence-electron chi connectivity index (χ4n) is 2.20. The molecule has 1 aromatic carbocycles. The second kappa shape index (κ2) is 6.89. The van der Waals surface area contributed by atoms with Crippen LogP contribution in [0, 0.1) is 6.92 Å². The molecule has 1 aromatic heterocycles. The van der Waals surface area contributed by atoms with Gasteiger partial charge in [0.05, 0.1) is 6.26 Å². The highest BCUT2D eigenvalue weighted by Gasteiger charge is 2.17. The molecule has 22 heavy (non-hydrogen) atoms. The van der Waals surface area contributed by atoms with Crippen LogP contribution in [0.2, 0.25) is 0 Å². The highest BCUT2D eigenvalue weighted by molar-refractivity contribution is 7.88. The summed E-state index contributed by atoms with van der Waals surface area (Å²) in [4.78, 5) is 12.0. The maximum absolute atomic E-state index is 12.0. The number of pyridine rings is 1. The van der Waals surface area contributed by atoms with E-state index in [0.29, 0.717) is 18.7 Å². The van der Waals surface area contributed by atoms with Gasteiger partial charge in [0.2, 0.25) is 10.0 Å². The zero-order valence-corrected chi connectivity index (χ0v) is 13.6. The predicted molar refractivity (Wildman–Crippen MR) is 87.1 cm³/mol. The summed E-state index contributed by atoms with van der Waals surface area (Å²) in [7, 11) is -3.34. The van der Waals surface area contributed by atoms with E-state index in [0.717, 1.165) is 5.56 Å². The van der Waals surface area contributed by atoms with E-state index in [4.69, 9.17) is 0 Å². The Kier molecular flexibility index (Phi) is 5.15. The van der Waals surface area contributed by atoms with Crippen LogP contribution in [0.3, 0.4) is 0 Å². The second-order valence-corrected chi connectivity index (χ2v) is 7.25. The zero-order valence-electron chi connectivity index (χ0n) is 12.8. The van der Waals surface area contributed by atoms with Crippen molar-refractivity contribution in [2.45, 2.75) is 20.0 Å². The molecule has 0 fully saturated rings. The Morgan fingerprint density at radius 1 is 1.09 bits per heavy atom. The standard InChI is InChI=1S/C16H20N2O3S/c1-14-7-6-10-17(16(14)19)11-12-18(22(2,20)21)13-15-8-4-3-5-9-15/h3-10H,11-13H2,1-2H3. The van der Waals surface area contributed by atoms with Gasteiger partial charge < -0.3 is 4.57 Å². The van der Waals surface area contributed by atoms with Gasteiger partial charge >= 0.3 is 0 Å². The Labute approximate surface area is 130 Å². The molecule has 0 atom stereocenters. The Morgan fingerprint density at radius 2 is 1.77 bits per heavy atom. The molecule has 5 nitrogen and oxygen atoms in total. The first-order valence-electron chi connectivity index (χ1n) is 7.03. The molecule has 0 spiro atoms. The first-order valence-corrected chi connectivity index (χ1v) is 8.88. The fraction of sp³-hybridized carbons (Fsp3) is 0.312. The molecular formula is C16H20N2O3S. The number of rotatable bonds is 6. The Balaban J connectivity index is 2.15. The van der Waals surface area contributed by atoms with Crippen molar-refractivity contribution in [1.82, 2.24) is 8.87 Å². The minimum atomic E-state index is -3.34. The summed E-state index contributed by atoms with van der Waals surface area (Å²) in [6, 6.07) is 13.0. The summed E-state index contributed by atoms with van der Waals surface area (Å²) < 4.78 is 26.8. The SMILES string of the molecule is Cc1cccn(CCN(Cc2ccccc2)S(C)(=O)=O)c1=O. The quantitative estimate of drug-likeness (QED) is 0.812. The Morgan fingerprint density at radius 3 is 2.41 bits per heavy atom. The van der Waals surface area contributed by atoms with E-state index >= 15 is 0 Å². The maximum Gasteiger partial charge on any atom is 0.253 e. The Bertz CT molecular complexity index is 783. The first kappa shape index (κ1) is 16.5. The van der Waals surface area contributed by atoms with Gasteiger partial charge in [-0.2, -0.15) is 4.31 Å². The number of hydrogen-bond acceptors (Lipinski definition) is 3. The molecule has 0 saturated carbocycles. The Hall–Kier alpha value is -1.92. The molecule has 118 valence electrons. The second-order valence-electron chi connectivity index (χ2n) is 5.27. The summed E-state index contributed by atoms with van der Waals surface area (Å²) in [6.07, 6.45) is 2.87. The third-order valence-electron chi connectivity index (χ3n) is 3.47. The van der Waals surface area contributed by atoms with Crippen LogP contribution in [-0.4, -0.2) is 30.1 Å². The summed E-state index contributed by atoms with van der Waals surface area (Å²) in [5.41, 5.74) is 1.48. The molecule has 2 rings (SSSR count). The fourth-order valence-corrected chi connectivity index (χ4v) is 3.00. The van der Waals surface area contributed by atoms with Crippen LogP contribution in [0.4, 0.5) is 0 Å². The van der Waals surface area contributed by atoms with E-state index in [1.54, 1.807) is 29.8 Å². The molecule has 0 N–H and O–H groups in total. The van der Waals surface area contributed by atoms with E-state index in [9.17, 15) is 13.2 Å². The molecule has 0 aliphatic rings. The topological polar surface area (TPSA) is 59.4 Å². The largest absolute Gasteiger partial charge is 0.314 e. The van der Waals surface area contributed by atoms with Gasteiger partial charge in [0.25, 0.3) is 5.56 Å². The van der Waals surface area contributed by atoms with Crippen molar-refractivity contribution in [3.8, 4) is 0 Å². The van der Waals surface area contributed by atoms with Crippen LogP contribution in [-0.2, 0) is 23.1 Å². The molecule has 1 heterocycles. The van der Waals surface area contributed by atoms with Crippen molar-refractivity contribution in [2.75, 3.05) is 12.8 Å². The van der Waals surface area contributed by atoms with E-state index in [1.807, 2.05) is 30.3 Å². The van der Waals surface area contributed by atoms with Crippen molar-refractivity contribution >= 4 is 10.0 Å². The van der Waals surface area contributed by atoms with E-state index in [2.05, 4.69) is 0 Å². The van der Waals surface area contributed by atoms with E-state index < -0.39 is 10.0 Å². The highest BCUT2D eigenvalue weighted by Crippen LogP contribution is 2.08. The molecule has 0 aliphatic heterocycles. The van der Waals surface area contributed by atoms with E-state index in [-0.39, 0.29) is 12.1 Å². The van der Waals surface area contributed by atoms with Gasteiger partial charge in [0, 0.05) is 31.4 Å². The average Bonchev–Trinajstić information content (AvgIpc) is 2.47.